The van der Waals surface area contributed by atoms with Gasteiger partial charge in [0.25, 0.3) is 0 Å². The van der Waals surface area contributed by atoms with E-state index in [1.165, 1.54) is 0 Å². The van der Waals surface area contributed by atoms with Crippen LogP contribution in [0.15, 0.2) is 18.2 Å². The van der Waals surface area contributed by atoms with Crippen molar-refractivity contribution in [1.29, 1.82) is 0 Å². The van der Waals surface area contributed by atoms with Gasteiger partial charge in [0.05, 0.1) is 18.2 Å². The molecule has 1 unspecified atom stereocenters. The van der Waals surface area contributed by atoms with Gasteiger partial charge in [0.1, 0.15) is 5.75 Å². The summed E-state index contributed by atoms with van der Waals surface area (Å²) in [4.78, 5) is 11.5. The maximum atomic E-state index is 11.5. The minimum atomic E-state index is -0.680. The van der Waals surface area contributed by atoms with Crippen molar-refractivity contribution in [2.75, 3.05) is 12.8 Å². The van der Waals surface area contributed by atoms with Crippen LogP contribution in [0.1, 0.15) is 25.8 Å². The summed E-state index contributed by atoms with van der Waals surface area (Å²) in [5.74, 6) is 0.222. The van der Waals surface area contributed by atoms with Crippen LogP contribution in [0.25, 0.3) is 0 Å². The molecule has 1 atom stereocenters. The molecule has 0 aliphatic heterocycles. The van der Waals surface area contributed by atoms with Crippen molar-refractivity contribution in [3.63, 3.8) is 0 Å². The number of carbonyl (C=O) groups excluding carboxylic acids is 1. The van der Waals surface area contributed by atoms with Crippen LogP contribution >= 0.6 is 0 Å². The van der Waals surface area contributed by atoms with Gasteiger partial charge in [0.15, 0.2) is 0 Å². The van der Waals surface area contributed by atoms with Gasteiger partial charge in [-0.05, 0) is 31.0 Å². The molecule has 88 valence electrons. The van der Waals surface area contributed by atoms with Crippen molar-refractivity contribution in [2.45, 2.75) is 25.7 Å². The largest absolute Gasteiger partial charge is 0.495 e. The first-order valence-electron chi connectivity index (χ1n) is 5.19. The zero-order valence-electron chi connectivity index (χ0n) is 9.91. The van der Waals surface area contributed by atoms with E-state index in [2.05, 4.69) is 0 Å². The van der Waals surface area contributed by atoms with E-state index in [4.69, 9.17) is 16.2 Å². The van der Waals surface area contributed by atoms with E-state index in [0.29, 0.717) is 17.9 Å². The number of anilines is 1. The third kappa shape index (κ3) is 1.96. The number of carbonyl (C=O) groups is 1. The predicted octanol–water partition coefficient (Wildman–Crippen LogP) is 1.43. The van der Waals surface area contributed by atoms with Crippen molar-refractivity contribution >= 4 is 11.6 Å². The first-order valence-corrected chi connectivity index (χ1v) is 5.19. The molecule has 0 aliphatic carbocycles. The van der Waals surface area contributed by atoms with Crippen molar-refractivity contribution in [1.82, 2.24) is 0 Å². The highest BCUT2D eigenvalue weighted by molar-refractivity contribution is 5.86. The number of nitrogen functional groups attached to an aromatic ring is 1. The van der Waals surface area contributed by atoms with Gasteiger partial charge in [0.2, 0.25) is 5.91 Å². The summed E-state index contributed by atoms with van der Waals surface area (Å²) < 4.78 is 5.13. The summed E-state index contributed by atoms with van der Waals surface area (Å²) in [6.45, 7) is 3.74. The van der Waals surface area contributed by atoms with Gasteiger partial charge >= 0.3 is 0 Å². The summed E-state index contributed by atoms with van der Waals surface area (Å²) in [6, 6.07) is 5.31. The second kappa shape index (κ2) is 4.43. The summed E-state index contributed by atoms with van der Waals surface area (Å²) in [5, 5.41) is 0. The molecule has 4 N–H and O–H groups in total. The Labute approximate surface area is 95.6 Å². The van der Waals surface area contributed by atoms with E-state index in [9.17, 15) is 4.79 Å². The second-order valence-electron chi connectivity index (χ2n) is 4.01. The monoisotopic (exact) mass is 222 g/mol. The van der Waals surface area contributed by atoms with E-state index in [1.807, 2.05) is 19.9 Å². The standard InChI is InChI=1S/C12H18N2O2/c1-4-12(2,11(14)15)8-5-6-9(13)10(7-8)16-3/h5-7H,4,13H2,1-3H3,(H2,14,15). The molecule has 1 aromatic carbocycles. The Balaban J connectivity index is 3.27. The van der Waals surface area contributed by atoms with Crippen LogP contribution < -0.4 is 16.2 Å². The average Bonchev–Trinajstić information content (AvgIpc) is 2.28. The smallest absolute Gasteiger partial charge is 0.227 e. The predicted molar refractivity (Wildman–Crippen MR) is 64.2 cm³/mol. The maximum Gasteiger partial charge on any atom is 0.227 e. The van der Waals surface area contributed by atoms with E-state index >= 15 is 0 Å². The molecule has 1 rings (SSSR count). The van der Waals surface area contributed by atoms with E-state index < -0.39 is 5.41 Å². The molecule has 0 saturated heterocycles. The Morgan fingerprint density at radius 2 is 2.12 bits per heavy atom. The number of amides is 1. The second-order valence-corrected chi connectivity index (χ2v) is 4.01. The van der Waals surface area contributed by atoms with Gasteiger partial charge in [0, 0.05) is 0 Å². The summed E-state index contributed by atoms with van der Waals surface area (Å²) in [6.07, 6.45) is 0.634. The molecule has 0 fully saturated rings. The molecule has 4 heteroatoms. The Kier molecular flexibility index (Phi) is 3.42. The number of hydrogen-bond donors (Lipinski definition) is 2. The van der Waals surface area contributed by atoms with E-state index in [-0.39, 0.29) is 5.91 Å². The minimum Gasteiger partial charge on any atom is -0.495 e. The Hall–Kier alpha value is -1.71. The van der Waals surface area contributed by atoms with Crippen LogP contribution in [0.2, 0.25) is 0 Å². The molecule has 16 heavy (non-hydrogen) atoms. The van der Waals surface area contributed by atoms with Crippen LogP contribution in [0.3, 0.4) is 0 Å². The molecule has 4 nitrogen and oxygen atoms in total. The molecule has 0 heterocycles. The maximum absolute atomic E-state index is 11.5. The lowest BCUT2D eigenvalue weighted by Crippen LogP contribution is -2.37. The van der Waals surface area contributed by atoms with Gasteiger partial charge in [-0.25, -0.2) is 0 Å². The van der Waals surface area contributed by atoms with Crippen LogP contribution in [-0.4, -0.2) is 13.0 Å². The third-order valence-electron chi connectivity index (χ3n) is 3.12. The van der Waals surface area contributed by atoms with Crippen molar-refractivity contribution < 1.29 is 9.53 Å². The fourth-order valence-electron chi connectivity index (χ4n) is 1.57. The molecule has 0 radical (unpaired) electrons. The Morgan fingerprint density at radius 3 is 2.56 bits per heavy atom. The first-order chi connectivity index (χ1) is 7.45. The summed E-state index contributed by atoms with van der Waals surface area (Å²) in [7, 11) is 1.54. The molecular formula is C12H18N2O2. The van der Waals surface area contributed by atoms with Gasteiger partial charge in [-0.3, -0.25) is 4.79 Å². The highest BCUT2D eigenvalue weighted by atomic mass is 16.5. The van der Waals surface area contributed by atoms with Crippen LogP contribution in [0.4, 0.5) is 5.69 Å². The average molecular weight is 222 g/mol. The summed E-state index contributed by atoms with van der Waals surface area (Å²) >= 11 is 0. The fraction of sp³-hybridized carbons (Fsp3) is 0.417. The quantitative estimate of drug-likeness (QED) is 0.756. The molecule has 0 bridgehead atoms. The van der Waals surface area contributed by atoms with Gasteiger partial charge in [-0.15, -0.1) is 0 Å². The van der Waals surface area contributed by atoms with Crippen molar-refractivity contribution in [3.8, 4) is 5.75 Å². The number of methoxy groups -OCH3 is 1. The normalized spacial score (nSPS) is 14.2. The molecule has 0 spiro atoms. The number of nitrogens with two attached hydrogens (primary N) is 2. The number of ether oxygens (including phenoxy) is 1. The minimum absolute atomic E-state index is 0.346. The van der Waals surface area contributed by atoms with Crippen LogP contribution in [0, 0.1) is 0 Å². The lowest BCUT2D eigenvalue weighted by Gasteiger charge is -2.25. The van der Waals surface area contributed by atoms with E-state index in [1.54, 1.807) is 19.2 Å². The topological polar surface area (TPSA) is 78.3 Å². The molecule has 1 amide bonds. The van der Waals surface area contributed by atoms with Gasteiger partial charge in [-0.1, -0.05) is 13.0 Å². The van der Waals surface area contributed by atoms with E-state index in [0.717, 1.165) is 5.56 Å². The van der Waals surface area contributed by atoms with Crippen LogP contribution in [0.5, 0.6) is 5.75 Å². The zero-order chi connectivity index (χ0) is 12.3. The molecule has 0 aromatic heterocycles. The lowest BCUT2D eigenvalue weighted by atomic mass is 9.79. The number of hydrogen-bond acceptors (Lipinski definition) is 3. The van der Waals surface area contributed by atoms with Crippen molar-refractivity contribution in [3.05, 3.63) is 23.8 Å². The molecule has 0 saturated carbocycles. The van der Waals surface area contributed by atoms with Gasteiger partial charge in [-0.2, -0.15) is 0 Å². The Morgan fingerprint density at radius 1 is 1.50 bits per heavy atom. The third-order valence-corrected chi connectivity index (χ3v) is 3.12. The molecular weight excluding hydrogens is 204 g/mol. The first kappa shape index (κ1) is 12.4. The molecule has 0 aliphatic rings. The van der Waals surface area contributed by atoms with Crippen molar-refractivity contribution in [2.24, 2.45) is 5.73 Å². The lowest BCUT2D eigenvalue weighted by molar-refractivity contribution is -0.123. The highest BCUT2D eigenvalue weighted by Gasteiger charge is 2.31. The number of primary amides is 1. The highest BCUT2D eigenvalue weighted by Crippen LogP contribution is 2.32. The fourth-order valence-corrected chi connectivity index (χ4v) is 1.57. The Bertz CT molecular complexity index is 404. The molecule has 1 aromatic rings. The number of benzene rings is 1. The van der Waals surface area contributed by atoms with Crippen LogP contribution in [-0.2, 0) is 10.2 Å². The summed E-state index contributed by atoms with van der Waals surface area (Å²) in [5.41, 5.74) is 11.8. The SMILES string of the molecule is CCC(C)(C(N)=O)c1ccc(N)c(OC)c1. The van der Waals surface area contributed by atoms with Gasteiger partial charge < -0.3 is 16.2 Å². The number of rotatable bonds is 4. The zero-order valence-corrected chi connectivity index (χ0v) is 9.91.